The summed E-state index contributed by atoms with van der Waals surface area (Å²) in [5, 5.41) is 6.68. The van der Waals surface area contributed by atoms with Crippen LogP contribution < -0.4 is 15.4 Å². The van der Waals surface area contributed by atoms with Gasteiger partial charge in [-0.15, -0.1) is 0 Å². The predicted octanol–water partition coefficient (Wildman–Crippen LogP) is 8.56. The topological polar surface area (TPSA) is 172 Å². The molecule has 5 aromatic rings. The van der Waals surface area contributed by atoms with E-state index in [4.69, 9.17) is 24.2 Å². The third kappa shape index (κ3) is 8.32. The fraction of sp³-hybridized carbons (Fsp3) is 0.500. The van der Waals surface area contributed by atoms with Crippen LogP contribution in [0.1, 0.15) is 84.3 Å². The van der Waals surface area contributed by atoms with Gasteiger partial charge in [0.2, 0.25) is 5.91 Å². The van der Waals surface area contributed by atoms with Crippen molar-refractivity contribution in [2.75, 3.05) is 26.9 Å². The highest BCUT2D eigenvalue weighted by molar-refractivity contribution is 6.78. The summed E-state index contributed by atoms with van der Waals surface area (Å²) in [6.07, 6.45) is 4.61. The van der Waals surface area contributed by atoms with Crippen molar-refractivity contribution in [3.8, 4) is 39.5 Å². The summed E-state index contributed by atoms with van der Waals surface area (Å²) in [5.41, 5.74) is 5.05. The Morgan fingerprint density at radius 1 is 0.889 bits per heavy atom. The van der Waals surface area contributed by atoms with Crippen molar-refractivity contribution in [1.82, 2.24) is 44.9 Å². The highest BCUT2D eigenvalue weighted by atomic mass is 28.3. The molecule has 4 N–H and O–H groups in total. The van der Waals surface area contributed by atoms with Crippen LogP contribution in [-0.4, -0.2) is 106 Å². The molecule has 8 rings (SSSR count). The molecule has 0 bridgehead atoms. The Labute approximate surface area is 368 Å². The number of aromatic amines is 2. The number of hydrogen-bond donors (Lipinski definition) is 4. The Balaban J connectivity index is 1.04. The predicted molar refractivity (Wildman–Crippen MR) is 241 cm³/mol. The molecule has 17 heteroatoms. The molecule has 3 aromatic heterocycles. The normalized spacial score (nSPS) is 20.9. The molecule has 6 heterocycles. The number of benzene rings is 2. The summed E-state index contributed by atoms with van der Waals surface area (Å²) in [5.74, 6) is 1.46. The zero-order valence-corrected chi connectivity index (χ0v) is 38.8. The van der Waals surface area contributed by atoms with Gasteiger partial charge in [-0.25, -0.2) is 23.9 Å². The Morgan fingerprint density at radius 3 is 2.22 bits per heavy atom. The van der Waals surface area contributed by atoms with Crippen molar-refractivity contribution in [3.05, 3.63) is 66.3 Å². The van der Waals surface area contributed by atoms with Crippen LogP contribution >= 0.6 is 0 Å². The summed E-state index contributed by atoms with van der Waals surface area (Å²) in [6.45, 7) is 17.5. The van der Waals surface area contributed by atoms with Crippen molar-refractivity contribution in [2.45, 2.75) is 110 Å². The number of fused-ring (bicyclic) bond motifs is 5. The van der Waals surface area contributed by atoms with E-state index in [1.807, 2.05) is 54.5 Å². The van der Waals surface area contributed by atoms with Gasteiger partial charge in [0.05, 0.1) is 74.9 Å². The molecule has 63 heavy (non-hydrogen) atoms. The monoisotopic (exact) mass is 881 g/mol. The summed E-state index contributed by atoms with van der Waals surface area (Å²) in [6, 6.07) is 11.3. The molecule has 0 spiro atoms. The van der Waals surface area contributed by atoms with E-state index in [1.54, 1.807) is 12.4 Å². The van der Waals surface area contributed by atoms with E-state index < -0.39 is 38.3 Å². The Bertz CT molecular complexity index is 2530. The average Bonchev–Trinajstić information content (AvgIpc) is 4.09. The summed E-state index contributed by atoms with van der Waals surface area (Å²) < 4.78 is 34.7. The number of rotatable bonds is 11. The standard InChI is InChI=1S/C46H60FN9O6Si/c1-24(2)40(52-45(58)60-7)26(5)54-15-11-12-35(54)42-48-21-33(51-42)29-17-31(47)39-36-18-30-16-28(13-14-34(30)56(36)27(6)62-38(39)19-29)32-20-49-43(50-32)37-22-63(9,10)23-55(37)44(57)41(25(3)4)53-46(59)61-8/h13-14,16-21,24-27,35,37,40-41H,11-12,15,22-23H2,1-10H3,(H,48,51)(H,49,50)(H,52,58)(H,53,59)/t26?,27?,35?,37-,40?,41?/m0/s1. The Kier molecular flexibility index (Phi) is 11.9. The van der Waals surface area contributed by atoms with Crippen LogP contribution in [0.5, 0.6) is 5.75 Å². The maximum Gasteiger partial charge on any atom is 0.407 e. The zero-order chi connectivity index (χ0) is 45.1. The summed E-state index contributed by atoms with van der Waals surface area (Å²) in [7, 11) is 0.864. The minimum absolute atomic E-state index is 0.0110. The number of likely N-dealkylation sites (tertiary alicyclic amines) is 1. The van der Waals surface area contributed by atoms with Crippen LogP contribution in [0.2, 0.25) is 19.1 Å². The average molecular weight is 882 g/mol. The van der Waals surface area contributed by atoms with Crippen LogP contribution in [0.15, 0.2) is 48.8 Å². The van der Waals surface area contributed by atoms with Gasteiger partial charge in [-0.05, 0) is 81.4 Å². The second-order valence-electron chi connectivity index (χ2n) is 18.8. The maximum absolute atomic E-state index is 16.5. The van der Waals surface area contributed by atoms with E-state index >= 15 is 4.39 Å². The zero-order valence-electron chi connectivity index (χ0n) is 37.8. The number of imidazole rings is 2. The molecule has 336 valence electrons. The second kappa shape index (κ2) is 17.1. The minimum Gasteiger partial charge on any atom is -0.470 e. The number of nitrogens with one attached hydrogen (secondary N) is 4. The third-order valence-corrected chi connectivity index (χ3v) is 15.9. The number of hydrogen-bond acceptors (Lipinski definition) is 9. The molecule has 5 unspecified atom stereocenters. The van der Waals surface area contributed by atoms with Gasteiger partial charge in [0.15, 0.2) is 6.23 Å². The van der Waals surface area contributed by atoms with Crippen LogP contribution in [0.3, 0.4) is 0 Å². The summed E-state index contributed by atoms with van der Waals surface area (Å²) >= 11 is 0. The van der Waals surface area contributed by atoms with E-state index in [-0.39, 0.29) is 41.9 Å². The highest BCUT2D eigenvalue weighted by Gasteiger charge is 2.46. The lowest BCUT2D eigenvalue weighted by molar-refractivity contribution is -0.135. The van der Waals surface area contributed by atoms with Gasteiger partial charge in [-0.1, -0.05) is 46.9 Å². The van der Waals surface area contributed by atoms with Gasteiger partial charge in [0.25, 0.3) is 0 Å². The SMILES string of the molecule is COC(=O)NC(C(=O)N1C[Si](C)(C)C[C@H]1c1ncc(-c2ccc3c(c2)cc2n3C(C)Oc3cc(-c4cnc(C5CCCN5C(C)C(NC(=O)OC)C(C)C)[nH]4)cc(F)c3-2)[nH]1)C(C)C. The van der Waals surface area contributed by atoms with E-state index in [0.717, 1.165) is 59.1 Å². The van der Waals surface area contributed by atoms with Gasteiger partial charge in [0, 0.05) is 34.8 Å². The van der Waals surface area contributed by atoms with Crippen LogP contribution in [0, 0.1) is 17.7 Å². The van der Waals surface area contributed by atoms with E-state index in [0.29, 0.717) is 34.6 Å². The molecule has 2 saturated heterocycles. The number of carbonyl (C=O) groups excluding carboxylic acids is 3. The quantitative estimate of drug-likeness (QED) is 0.0949. The number of halogens is 1. The molecule has 2 aromatic carbocycles. The van der Waals surface area contributed by atoms with Crippen LogP contribution in [-0.2, 0) is 14.3 Å². The molecule has 3 aliphatic rings. The van der Waals surface area contributed by atoms with Gasteiger partial charge in [0.1, 0.15) is 29.3 Å². The van der Waals surface area contributed by atoms with Crippen molar-refractivity contribution in [2.24, 2.45) is 11.8 Å². The molecule has 0 radical (unpaired) electrons. The van der Waals surface area contributed by atoms with Gasteiger partial charge in [-0.2, -0.15) is 0 Å². The van der Waals surface area contributed by atoms with E-state index in [1.165, 1.54) is 20.3 Å². The molecular weight excluding hydrogens is 822 g/mol. The second-order valence-corrected chi connectivity index (χ2v) is 23.9. The van der Waals surface area contributed by atoms with E-state index in [9.17, 15) is 14.4 Å². The Morgan fingerprint density at radius 2 is 1.56 bits per heavy atom. The molecule has 2 fully saturated rings. The highest BCUT2D eigenvalue weighted by Crippen LogP contribution is 2.46. The van der Waals surface area contributed by atoms with E-state index in [2.05, 4.69) is 65.4 Å². The Hall–Kier alpha value is -5.68. The molecular formula is C46H60FN9O6Si. The fourth-order valence-electron chi connectivity index (χ4n) is 10.0. The largest absolute Gasteiger partial charge is 0.470 e. The first-order valence-electron chi connectivity index (χ1n) is 22.0. The number of carbonyl (C=O) groups is 3. The molecule has 0 saturated carbocycles. The van der Waals surface area contributed by atoms with Gasteiger partial charge < -0.3 is 44.3 Å². The first kappa shape index (κ1) is 43.9. The lowest BCUT2D eigenvalue weighted by atomic mass is 9.96. The number of methoxy groups -OCH3 is 2. The van der Waals surface area contributed by atoms with Crippen molar-refractivity contribution < 1.29 is 33.0 Å². The maximum atomic E-state index is 16.5. The van der Waals surface area contributed by atoms with Gasteiger partial charge >= 0.3 is 12.2 Å². The lowest BCUT2D eigenvalue weighted by Gasteiger charge is -2.37. The number of H-pyrrole nitrogens is 2. The number of nitrogens with zero attached hydrogens (tertiary/aromatic N) is 5. The van der Waals surface area contributed by atoms with Crippen molar-refractivity contribution in [3.63, 3.8) is 0 Å². The number of ether oxygens (including phenoxy) is 3. The van der Waals surface area contributed by atoms with Crippen molar-refractivity contribution in [1.29, 1.82) is 0 Å². The molecule has 3 aliphatic heterocycles. The number of aromatic nitrogens is 5. The fourth-order valence-corrected chi connectivity index (χ4v) is 12.9. The first-order valence-corrected chi connectivity index (χ1v) is 25.4. The molecule has 15 nitrogen and oxygen atoms in total. The molecule has 6 atom stereocenters. The van der Waals surface area contributed by atoms with Crippen LogP contribution in [0.4, 0.5) is 14.0 Å². The molecule has 3 amide bonds. The number of alkyl carbamates (subject to hydrolysis) is 2. The summed E-state index contributed by atoms with van der Waals surface area (Å²) in [4.78, 5) is 59.2. The van der Waals surface area contributed by atoms with Crippen molar-refractivity contribution >= 4 is 37.1 Å². The minimum atomic E-state index is -1.80. The number of amides is 3. The molecule has 0 aliphatic carbocycles. The lowest BCUT2D eigenvalue weighted by Crippen LogP contribution is -2.52. The first-order chi connectivity index (χ1) is 30.0. The van der Waals surface area contributed by atoms with Crippen LogP contribution in [0.25, 0.3) is 44.7 Å². The van der Waals surface area contributed by atoms with Gasteiger partial charge in [-0.3, -0.25) is 9.69 Å². The third-order valence-electron chi connectivity index (χ3n) is 13.2. The smallest absolute Gasteiger partial charge is 0.407 e.